The third-order valence-electron chi connectivity index (χ3n) is 4.14. The molecule has 1 aliphatic heterocycles. The first-order valence-corrected chi connectivity index (χ1v) is 8.45. The van der Waals surface area contributed by atoms with E-state index in [0.29, 0.717) is 47.2 Å². The summed E-state index contributed by atoms with van der Waals surface area (Å²) in [6, 6.07) is 9.99. The molecule has 2 aromatic carbocycles. The van der Waals surface area contributed by atoms with Crippen LogP contribution in [0.3, 0.4) is 0 Å². The molecule has 1 heterocycles. The molecule has 3 N–H and O–H groups in total. The molecule has 0 saturated heterocycles. The fourth-order valence-corrected chi connectivity index (χ4v) is 2.68. The summed E-state index contributed by atoms with van der Waals surface area (Å²) < 4.78 is 20.9. The van der Waals surface area contributed by atoms with Gasteiger partial charge in [-0.15, -0.1) is 0 Å². The van der Waals surface area contributed by atoms with E-state index >= 15 is 0 Å². The van der Waals surface area contributed by atoms with E-state index in [4.69, 9.17) is 18.9 Å². The quantitative estimate of drug-likeness (QED) is 0.689. The van der Waals surface area contributed by atoms with Crippen molar-refractivity contribution in [2.75, 3.05) is 32.9 Å². The molecule has 1 atom stereocenters. The number of nitrogens with one attached hydrogen (secondary N) is 2. The zero-order valence-electron chi connectivity index (χ0n) is 15.2. The number of anilines is 1. The molecule has 0 spiro atoms. The monoisotopic (exact) mass is 374 g/mol. The second-order valence-corrected chi connectivity index (χ2v) is 5.86. The molecule has 3 rings (SSSR count). The number of hydrogen-bond acceptors (Lipinski definition) is 6. The third-order valence-corrected chi connectivity index (χ3v) is 4.14. The van der Waals surface area contributed by atoms with E-state index in [0.717, 1.165) is 0 Å². The maximum absolute atomic E-state index is 12.1. The number of carbonyl (C=O) groups is 1. The maximum atomic E-state index is 12.1. The van der Waals surface area contributed by atoms with Crippen molar-refractivity contribution in [3.8, 4) is 23.0 Å². The lowest BCUT2D eigenvalue weighted by Crippen LogP contribution is -2.30. The van der Waals surface area contributed by atoms with Gasteiger partial charge < -0.3 is 34.7 Å². The molecule has 8 nitrogen and oxygen atoms in total. The summed E-state index contributed by atoms with van der Waals surface area (Å²) in [5, 5.41) is 15.7. The van der Waals surface area contributed by atoms with Crippen molar-refractivity contribution in [2.45, 2.75) is 12.5 Å². The second kappa shape index (κ2) is 8.50. The van der Waals surface area contributed by atoms with Crippen LogP contribution in [0.5, 0.6) is 23.0 Å². The number of fused-ring (bicyclic) bond motifs is 1. The van der Waals surface area contributed by atoms with Crippen molar-refractivity contribution in [2.24, 2.45) is 0 Å². The van der Waals surface area contributed by atoms with Crippen LogP contribution in [0.1, 0.15) is 18.1 Å². The van der Waals surface area contributed by atoms with E-state index in [1.807, 2.05) is 0 Å². The van der Waals surface area contributed by atoms with Gasteiger partial charge in [-0.05, 0) is 36.2 Å². The number of aliphatic hydroxyl groups is 1. The lowest BCUT2D eigenvalue weighted by molar-refractivity contribution is 0.165. The molecule has 0 radical (unpaired) electrons. The van der Waals surface area contributed by atoms with E-state index in [-0.39, 0.29) is 6.79 Å². The van der Waals surface area contributed by atoms with Crippen LogP contribution in [-0.2, 0) is 0 Å². The highest BCUT2D eigenvalue weighted by molar-refractivity contribution is 5.91. The minimum absolute atomic E-state index is 0.186. The fraction of sp³-hybridized carbons (Fsp3) is 0.316. The topological polar surface area (TPSA) is 98.3 Å². The predicted octanol–water partition coefficient (Wildman–Crippen LogP) is 2.68. The summed E-state index contributed by atoms with van der Waals surface area (Å²) in [6.45, 7) is 0.478. The van der Waals surface area contributed by atoms with Gasteiger partial charge in [0.1, 0.15) is 11.5 Å². The molecule has 27 heavy (non-hydrogen) atoms. The number of amides is 2. The van der Waals surface area contributed by atoms with Crippen LogP contribution in [0.15, 0.2) is 36.4 Å². The molecule has 0 saturated carbocycles. The first-order valence-electron chi connectivity index (χ1n) is 8.45. The average Bonchev–Trinajstić information content (AvgIpc) is 3.16. The molecular formula is C19H22N2O6. The van der Waals surface area contributed by atoms with Crippen molar-refractivity contribution >= 4 is 11.7 Å². The summed E-state index contributed by atoms with van der Waals surface area (Å²) in [4.78, 5) is 12.1. The summed E-state index contributed by atoms with van der Waals surface area (Å²) in [5.74, 6) is 2.40. The summed E-state index contributed by atoms with van der Waals surface area (Å²) >= 11 is 0. The average molecular weight is 374 g/mol. The third kappa shape index (κ3) is 4.53. The van der Waals surface area contributed by atoms with Gasteiger partial charge in [-0.1, -0.05) is 6.07 Å². The highest BCUT2D eigenvalue weighted by atomic mass is 16.7. The van der Waals surface area contributed by atoms with Gasteiger partial charge >= 0.3 is 6.03 Å². The second-order valence-electron chi connectivity index (χ2n) is 5.86. The Kier molecular flexibility index (Phi) is 5.87. The standard InChI is InChI=1S/C19H22N2O6/c1-24-13-4-5-14(17(10-13)25-2)21-19(23)20-8-7-15(22)12-3-6-16-18(9-12)27-11-26-16/h3-6,9-10,15,22H,7-8,11H2,1-2H3,(H2,20,21,23). The number of rotatable bonds is 7. The first-order chi connectivity index (χ1) is 13.1. The lowest BCUT2D eigenvalue weighted by atomic mass is 10.1. The van der Waals surface area contributed by atoms with E-state index in [2.05, 4.69) is 10.6 Å². The Labute approximate surface area is 157 Å². The lowest BCUT2D eigenvalue weighted by Gasteiger charge is -2.14. The first kappa shape index (κ1) is 18.7. The molecular weight excluding hydrogens is 352 g/mol. The number of benzene rings is 2. The van der Waals surface area contributed by atoms with Crippen molar-refractivity contribution < 1.29 is 28.8 Å². The summed E-state index contributed by atoms with van der Waals surface area (Å²) in [6.07, 6.45) is -0.373. The number of hydrogen-bond donors (Lipinski definition) is 3. The SMILES string of the molecule is COc1ccc(NC(=O)NCCC(O)c2ccc3c(c2)OCO3)c(OC)c1. The van der Waals surface area contributed by atoms with E-state index in [9.17, 15) is 9.90 Å². The van der Waals surface area contributed by atoms with Crippen molar-refractivity contribution in [1.82, 2.24) is 5.32 Å². The van der Waals surface area contributed by atoms with Crippen LogP contribution in [0, 0.1) is 0 Å². The molecule has 1 unspecified atom stereocenters. The Morgan fingerprint density at radius 3 is 2.74 bits per heavy atom. The molecule has 2 amide bonds. The van der Waals surface area contributed by atoms with Gasteiger partial charge in [0.15, 0.2) is 11.5 Å². The zero-order chi connectivity index (χ0) is 19.2. The molecule has 144 valence electrons. The van der Waals surface area contributed by atoms with E-state index in [1.54, 1.807) is 43.5 Å². The van der Waals surface area contributed by atoms with Gasteiger partial charge in [-0.2, -0.15) is 0 Å². The summed E-state index contributed by atoms with van der Waals surface area (Å²) in [5.41, 5.74) is 1.23. The maximum Gasteiger partial charge on any atom is 0.319 e. The van der Waals surface area contributed by atoms with Gasteiger partial charge in [-0.25, -0.2) is 4.79 Å². The number of aliphatic hydroxyl groups excluding tert-OH is 1. The van der Waals surface area contributed by atoms with Gasteiger partial charge in [0, 0.05) is 12.6 Å². The fourth-order valence-electron chi connectivity index (χ4n) is 2.68. The number of methoxy groups -OCH3 is 2. The molecule has 0 bridgehead atoms. The zero-order valence-corrected chi connectivity index (χ0v) is 15.2. The Bertz CT molecular complexity index is 811. The van der Waals surface area contributed by atoms with Gasteiger partial charge in [-0.3, -0.25) is 0 Å². The molecule has 2 aromatic rings. The van der Waals surface area contributed by atoms with Crippen LogP contribution in [-0.4, -0.2) is 38.7 Å². The highest BCUT2D eigenvalue weighted by Crippen LogP contribution is 2.34. The van der Waals surface area contributed by atoms with Crippen LogP contribution >= 0.6 is 0 Å². The summed E-state index contributed by atoms with van der Waals surface area (Å²) in [7, 11) is 3.07. The Morgan fingerprint density at radius 1 is 1.15 bits per heavy atom. The Balaban J connectivity index is 1.49. The smallest absolute Gasteiger partial charge is 0.319 e. The van der Waals surface area contributed by atoms with Crippen LogP contribution in [0.25, 0.3) is 0 Å². The minimum atomic E-state index is -0.727. The van der Waals surface area contributed by atoms with Crippen LogP contribution in [0.4, 0.5) is 10.5 Å². The predicted molar refractivity (Wildman–Crippen MR) is 98.7 cm³/mol. The molecule has 1 aliphatic rings. The molecule has 0 fully saturated rings. The normalized spacial score (nSPS) is 13.0. The van der Waals surface area contributed by atoms with Crippen LogP contribution < -0.4 is 29.6 Å². The number of ether oxygens (including phenoxy) is 4. The van der Waals surface area contributed by atoms with Crippen molar-refractivity contribution in [1.29, 1.82) is 0 Å². The van der Waals surface area contributed by atoms with Crippen molar-refractivity contribution in [3.63, 3.8) is 0 Å². The van der Waals surface area contributed by atoms with Gasteiger partial charge in [0.05, 0.1) is 26.0 Å². The van der Waals surface area contributed by atoms with E-state index in [1.165, 1.54) is 7.11 Å². The molecule has 0 aromatic heterocycles. The minimum Gasteiger partial charge on any atom is -0.497 e. The highest BCUT2D eigenvalue weighted by Gasteiger charge is 2.17. The van der Waals surface area contributed by atoms with Gasteiger partial charge in [0.25, 0.3) is 0 Å². The van der Waals surface area contributed by atoms with Crippen LogP contribution in [0.2, 0.25) is 0 Å². The number of urea groups is 1. The Morgan fingerprint density at radius 2 is 1.96 bits per heavy atom. The Hall–Kier alpha value is -3.13. The van der Waals surface area contributed by atoms with Crippen molar-refractivity contribution in [3.05, 3.63) is 42.0 Å². The number of carbonyl (C=O) groups excluding carboxylic acids is 1. The van der Waals surface area contributed by atoms with E-state index < -0.39 is 12.1 Å². The van der Waals surface area contributed by atoms with Gasteiger partial charge in [0.2, 0.25) is 6.79 Å². The largest absolute Gasteiger partial charge is 0.497 e. The molecule has 8 heteroatoms. The molecule has 0 aliphatic carbocycles.